The summed E-state index contributed by atoms with van der Waals surface area (Å²) in [6, 6.07) is -0.942. The number of rotatable bonds is 5. The van der Waals surface area contributed by atoms with E-state index in [0.717, 1.165) is 5.82 Å². The fourth-order valence-corrected chi connectivity index (χ4v) is 2.02. The van der Waals surface area contributed by atoms with Gasteiger partial charge in [-0.1, -0.05) is 0 Å². The molecule has 0 saturated carbocycles. The van der Waals surface area contributed by atoms with Crippen LogP contribution >= 0.6 is 0 Å². The van der Waals surface area contributed by atoms with Crippen LogP contribution in [0.3, 0.4) is 0 Å². The van der Waals surface area contributed by atoms with E-state index >= 15 is 0 Å². The molecule has 4 N–H and O–H groups in total. The molecule has 1 saturated heterocycles. The summed E-state index contributed by atoms with van der Waals surface area (Å²) < 4.78 is 5.16. The first-order valence-corrected chi connectivity index (χ1v) is 6.36. The SMILES string of the molecule is CC1(C(=O)O)COCC1NC(=O)NCCc1ncc[nH]1. The molecule has 2 unspecified atom stereocenters. The number of aromatic amines is 1. The third kappa shape index (κ3) is 3.08. The van der Waals surface area contributed by atoms with Gasteiger partial charge in [-0.3, -0.25) is 4.79 Å². The highest BCUT2D eigenvalue weighted by molar-refractivity contribution is 5.79. The predicted octanol–water partition coefficient (Wildman–Crippen LogP) is -0.259. The molecule has 1 aromatic rings. The number of nitrogens with one attached hydrogen (secondary N) is 3. The summed E-state index contributed by atoms with van der Waals surface area (Å²) in [4.78, 5) is 29.9. The Kier molecular flexibility index (Phi) is 4.23. The Bertz CT molecular complexity index is 476. The number of urea groups is 1. The Morgan fingerprint density at radius 2 is 2.45 bits per heavy atom. The van der Waals surface area contributed by atoms with Gasteiger partial charge in [-0.2, -0.15) is 0 Å². The van der Waals surface area contributed by atoms with Crippen molar-refractivity contribution >= 4 is 12.0 Å². The van der Waals surface area contributed by atoms with Crippen molar-refractivity contribution in [2.24, 2.45) is 5.41 Å². The third-order valence-electron chi connectivity index (χ3n) is 3.45. The number of carboxylic acid groups (broad SMARTS) is 1. The second kappa shape index (κ2) is 5.91. The van der Waals surface area contributed by atoms with Crippen LogP contribution in [-0.4, -0.2) is 52.9 Å². The predicted molar refractivity (Wildman–Crippen MR) is 69.2 cm³/mol. The molecule has 1 aliphatic rings. The van der Waals surface area contributed by atoms with Crippen LogP contribution in [0.15, 0.2) is 12.4 Å². The second-order valence-corrected chi connectivity index (χ2v) is 4.98. The van der Waals surface area contributed by atoms with Crippen LogP contribution in [0.2, 0.25) is 0 Å². The molecule has 2 rings (SSSR count). The zero-order chi connectivity index (χ0) is 14.6. The fraction of sp³-hybridized carbons (Fsp3) is 0.583. The smallest absolute Gasteiger partial charge is 0.315 e. The molecular weight excluding hydrogens is 264 g/mol. The molecule has 20 heavy (non-hydrogen) atoms. The van der Waals surface area contributed by atoms with E-state index in [1.54, 1.807) is 19.3 Å². The van der Waals surface area contributed by atoms with Crippen LogP contribution in [0.4, 0.5) is 4.79 Å². The van der Waals surface area contributed by atoms with Gasteiger partial charge in [-0.15, -0.1) is 0 Å². The van der Waals surface area contributed by atoms with E-state index in [-0.39, 0.29) is 13.2 Å². The molecule has 2 heterocycles. The lowest BCUT2D eigenvalue weighted by Crippen LogP contribution is -2.52. The fourth-order valence-electron chi connectivity index (χ4n) is 2.02. The molecule has 0 bridgehead atoms. The summed E-state index contributed by atoms with van der Waals surface area (Å²) in [6.07, 6.45) is 3.94. The number of carbonyl (C=O) groups excluding carboxylic acids is 1. The van der Waals surface area contributed by atoms with E-state index in [0.29, 0.717) is 13.0 Å². The van der Waals surface area contributed by atoms with Crippen LogP contribution in [0, 0.1) is 5.41 Å². The van der Waals surface area contributed by atoms with Crippen LogP contribution in [-0.2, 0) is 16.0 Å². The van der Waals surface area contributed by atoms with Crippen molar-refractivity contribution in [3.63, 3.8) is 0 Å². The first-order valence-electron chi connectivity index (χ1n) is 6.36. The lowest BCUT2D eigenvalue weighted by Gasteiger charge is -2.25. The van der Waals surface area contributed by atoms with Crippen molar-refractivity contribution in [3.05, 3.63) is 18.2 Å². The van der Waals surface area contributed by atoms with Gasteiger partial charge in [0, 0.05) is 25.4 Å². The van der Waals surface area contributed by atoms with Gasteiger partial charge < -0.3 is 25.5 Å². The summed E-state index contributed by atoms with van der Waals surface area (Å²) >= 11 is 0. The topological polar surface area (TPSA) is 116 Å². The van der Waals surface area contributed by atoms with E-state index < -0.39 is 23.5 Å². The number of carbonyl (C=O) groups is 2. The minimum absolute atomic E-state index is 0.0969. The Labute approximate surface area is 115 Å². The van der Waals surface area contributed by atoms with E-state index in [4.69, 9.17) is 4.74 Å². The molecule has 1 aromatic heterocycles. The number of imidazole rings is 1. The maximum atomic E-state index is 11.7. The standard InChI is InChI=1S/C12H18N4O4/c1-12(10(17)18)7-20-6-8(12)16-11(19)15-3-2-9-13-4-5-14-9/h4-5,8H,2-3,6-7H2,1H3,(H,13,14)(H,17,18)(H2,15,16,19). The van der Waals surface area contributed by atoms with Gasteiger partial charge in [0.25, 0.3) is 0 Å². The lowest BCUT2D eigenvalue weighted by atomic mass is 9.85. The van der Waals surface area contributed by atoms with E-state index in [9.17, 15) is 14.7 Å². The molecule has 0 spiro atoms. The Balaban J connectivity index is 1.78. The maximum Gasteiger partial charge on any atom is 0.315 e. The molecular formula is C12H18N4O4. The summed E-state index contributed by atoms with van der Waals surface area (Å²) in [5.41, 5.74) is -1.08. The number of hydrogen-bond acceptors (Lipinski definition) is 4. The molecule has 110 valence electrons. The molecule has 0 aromatic carbocycles. The number of aliphatic carboxylic acids is 1. The molecule has 2 amide bonds. The molecule has 8 nitrogen and oxygen atoms in total. The van der Waals surface area contributed by atoms with Gasteiger partial charge >= 0.3 is 12.0 Å². The van der Waals surface area contributed by atoms with Crippen molar-refractivity contribution < 1.29 is 19.4 Å². The van der Waals surface area contributed by atoms with E-state index in [2.05, 4.69) is 20.6 Å². The Morgan fingerprint density at radius 1 is 1.65 bits per heavy atom. The number of hydrogen-bond donors (Lipinski definition) is 4. The Hall–Kier alpha value is -2.09. The van der Waals surface area contributed by atoms with Crippen LogP contribution in [0.25, 0.3) is 0 Å². The van der Waals surface area contributed by atoms with Crippen LogP contribution in [0.5, 0.6) is 0 Å². The minimum atomic E-state index is -1.08. The molecule has 0 aliphatic carbocycles. The van der Waals surface area contributed by atoms with Crippen molar-refractivity contribution in [1.29, 1.82) is 0 Å². The monoisotopic (exact) mass is 282 g/mol. The highest BCUT2D eigenvalue weighted by Crippen LogP contribution is 2.28. The van der Waals surface area contributed by atoms with E-state index in [1.807, 2.05) is 0 Å². The molecule has 1 fully saturated rings. The van der Waals surface area contributed by atoms with Gasteiger partial charge in [0.15, 0.2) is 0 Å². The quantitative estimate of drug-likeness (QED) is 0.594. The maximum absolute atomic E-state index is 11.7. The summed E-state index contributed by atoms with van der Waals surface area (Å²) in [6.45, 7) is 2.28. The lowest BCUT2D eigenvalue weighted by molar-refractivity contribution is -0.148. The zero-order valence-electron chi connectivity index (χ0n) is 11.2. The highest BCUT2D eigenvalue weighted by atomic mass is 16.5. The highest BCUT2D eigenvalue weighted by Gasteiger charge is 2.47. The van der Waals surface area contributed by atoms with Gasteiger partial charge in [0.1, 0.15) is 11.2 Å². The van der Waals surface area contributed by atoms with Crippen molar-refractivity contribution in [2.45, 2.75) is 19.4 Å². The number of nitrogens with zero attached hydrogens (tertiary/aromatic N) is 1. The number of ether oxygens (including phenoxy) is 1. The number of carboxylic acids is 1. The number of H-pyrrole nitrogens is 1. The summed E-state index contributed by atoms with van der Waals surface area (Å²) in [7, 11) is 0. The third-order valence-corrected chi connectivity index (χ3v) is 3.45. The van der Waals surface area contributed by atoms with Gasteiger partial charge in [-0.25, -0.2) is 9.78 Å². The van der Waals surface area contributed by atoms with Crippen molar-refractivity contribution in [1.82, 2.24) is 20.6 Å². The van der Waals surface area contributed by atoms with Crippen LogP contribution < -0.4 is 10.6 Å². The average molecular weight is 282 g/mol. The van der Waals surface area contributed by atoms with Crippen LogP contribution in [0.1, 0.15) is 12.7 Å². The number of aromatic nitrogens is 2. The van der Waals surface area contributed by atoms with Crippen molar-refractivity contribution in [2.75, 3.05) is 19.8 Å². The van der Waals surface area contributed by atoms with Gasteiger partial charge in [0.2, 0.25) is 0 Å². The van der Waals surface area contributed by atoms with E-state index in [1.165, 1.54) is 0 Å². The first-order chi connectivity index (χ1) is 9.52. The Morgan fingerprint density at radius 3 is 3.10 bits per heavy atom. The first kappa shape index (κ1) is 14.3. The molecule has 2 atom stereocenters. The molecule has 8 heteroatoms. The van der Waals surface area contributed by atoms with Gasteiger partial charge in [-0.05, 0) is 6.92 Å². The van der Waals surface area contributed by atoms with Gasteiger partial charge in [0.05, 0.1) is 19.3 Å². The van der Waals surface area contributed by atoms with Crippen molar-refractivity contribution in [3.8, 4) is 0 Å². The zero-order valence-corrected chi connectivity index (χ0v) is 11.2. The molecule has 1 aliphatic heterocycles. The number of amides is 2. The second-order valence-electron chi connectivity index (χ2n) is 4.98. The largest absolute Gasteiger partial charge is 0.481 e. The normalized spacial score (nSPS) is 25.4. The minimum Gasteiger partial charge on any atom is -0.481 e. The average Bonchev–Trinajstić information content (AvgIpc) is 3.01. The summed E-state index contributed by atoms with van der Waals surface area (Å²) in [5.74, 6) is -0.194. The molecule has 0 radical (unpaired) electrons. The summed E-state index contributed by atoms with van der Waals surface area (Å²) in [5, 5.41) is 14.5.